The maximum Gasteiger partial charge on any atom is 0.337 e. The summed E-state index contributed by atoms with van der Waals surface area (Å²) in [6.07, 6.45) is 0.783. The van der Waals surface area contributed by atoms with Crippen molar-refractivity contribution >= 4 is 16.0 Å². The summed E-state index contributed by atoms with van der Waals surface area (Å²) < 4.78 is 32.2. The zero-order valence-corrected chi connectivity index (χ0v) is 17.1. The van der Waals surface area contributed by atoms with E-state index in [0.717, 1.165) is 19.5 Å². The van der Waals surface area contributed by atoms with Gasteiger partial charge >= 0.3 is 5.97 Å². The molecule has 0 unspecified atom stereocenters. The molecule has 0 amide bonds. The number of methoxy groups -OCH3 is 1. The summed E-state index contributed by atoms with van der Waals surface area (Å²) in [5.74, 6) is -0.481. The van der Waals surface area contributed by atoms with Crippen molar-refractivity contribution in [1.29, 1.82) is 0 Å². The molecule has 2 aromatic rings. The number of aryl methyl sites for hydroxylation is 1. The molecule has 0 atom stereocenters. The zero-order valence-electron chi connectivity index (χ0n) is 16.3. The van der Waals surface area contributed by atoms with E-state index in [1.54, 1.807) is 0 Å². The Balaban J connectivity index is 1.66. The number of hydrogen-bond acceptors (Lipinski definition) is 5. The number of hydrogen-bond donors (Lipinski definition) is 0. The molecule has 0 spiro atoms. The number of rotatable bonds is 5. The first-order valence-electron chi connectivity index (χ1n) is 9.36. The van der Waals surface area contributed by atoms with Gasteiger partial charge in [-0.3, -0.25) is 4.90 Å². The lowest BCUT2D eigenvalue weighted by Gasteiger charge is -2.22. The van der Waals surface area contributed by atoms with Crippen molar-refractivity contribution in [2.75, 3.05) is 33.3 Å². The van der Waals surface area contributed by atoms with Gasteiger partial charge < -0.3 is 4.74 Å². The lowest BCUT2D eigenvalue weighted by molar-refractivity contribution is 0.0600. The summed E-state index contributed by atoms with van der Waals surface area (Å²) in [5, 5.41) is 0. The average molecular weight is 403 g/mol. The van der Waals surface area contributed by atoms with Crippen molar-refractivity contribution in [3.05, 3.63) is 65.2 Å². The summed E-state index contributed by atoms with van der Waals surface area (Å²) >= 11 is 0. The van der Waals surface area contributed by atoms with E-state index in [1.165, 1.54) is 46.8 Å². The summed E-state index contributed by atoms with van der Waals surface area (Å²) in [6, 6.07) is 14.4. The number of sulfonamides is 1. The Hall–Kier alpha value is -2.22. The van der Waals surface area contributed by atoms with Crippen molar-refractivity contribution in [1.82, 2.24) is 9.21 Å². The van der Waals surface area contributed by atoms with Gasteiger partial charge in [-0.15, -0.1) is 0 Å². The van der Waals surface area contributed by atoms with Gasteiger partial charge in [0.1, 0.15) is 0 Å². The molecule has 0 N–H and O–H groups in total. The number of benzene rings is 2. The maximum atomic E-state index is 13.0. The molecule has 0 saturated carbocycles. The highest BCUT2D eigenvalue weighted by Gasteiger charge is 2.27. The summed E-state index contributed by atoms with van der Waals surface area (Å²) in [5.41, 5.74) is 2.80. The quantitative estimate of drug-likeness (QED) is 0.720. The van der Waals surface area contributed by atoms with Gasteiger partial charge in [0.2, 0.25) is 10.0 Å². The Morgan fingerprint density at radius 1 is 0.964 bits per heavy atom. The van der Waals surface area contributed by atoms with Gasteiger partial charge in [0.25, 0.3) is 0 Å². The second kappa shape index (κ2) is 8.86. The highest BCUT2D eigenvalue weighted by molar-refractivity contribution is 7.89. The van der Waals surface area contributed by atoms with Crippen LogP contribution < -0.4 is 0 Å². The van der Waals surface area contributed by atoms with Crippen molar-refractivity contribution in [2.45, 2.75) is 24.8 Å². The van der Waals surface area contributed by atoms with Crippen LogP contribution in [0, 0.1) is 6.92 Å². The van der Waals surface area contributed by atoms with Crippen molar-refractivity contribution in [3.8, 4) is 0 Å². The van der Waals surface area contributed by atoms with Gasteiger partial charge in [-0.05, 0) is 49.7 Å². The van der Waals surface area contributed by atoms with E-state index in [-0.39, 0.29) is 4.90 Å². The average Bonchev–Trinajstić information content (AvgIpc) is 2.95. The van der Waals surface area contributed by atoms with Gasteiger partial charge in [0.05, 0.1) is 17.6 Å². The molecule has 1 aliphatic heterocycles. The predicted molar refractivity (Wildman–Crippen MR) is 108 cm³/mol. The first kappa shape index (κ1) is 20.5. The fourth-order valence-corrected chi connectivity index (χ4v) is 4.80. The minimum Gasteiger partial charge on any atom is -0.465 e. The number of ether oxygens (including phenoxy) is 1. The SMILES string of the molecule is COC(=O)c1ccc(S(=O)(=O)N2CCCN(Cc3ccc(C)cc3)CC2)cc1. The fourth-order valence-electron chi connectivity index (χ4n) is 3.33. The minimum absolute atomic E-state index is 0.201. The smallest absolute Gasteiger partial charge is 0.337 e. The van der Waals surface area contributed by atoms with Crippen LogP contribution in [0.5, 0.6) is 0 Å². The van der Waals surface area contributed by atoms with Gasteiger partial charge in [0.15, 0.2) is 0 Å². The number of carbonyl (C=O) groups is 1. The number of esters is 1. The highest BCUT2D eigenvalue weighted by atomic mass is 32.2. The molecule has 1 saturated heterocycles. The largest absolute Gasteiger partial charge is 0.465 e. The second-order valence-corrected chi connectivity index (χ2v) is 8.97. The fraction of sp³-hybridized carbons (Fsp3) is 0.381. The van der Waals surface area contributed by atoms with Crippen LogP contribution in [0.4, 0.5) is 0 Å². The van der Waals surface area contributed by atoms with Crippen LogP contribution in [0.15, 0.2) is 53.4 Å². The standard InChI is InChI=1S/C21H26N2O4S/c1-17-4-6-18(7-5-17)16-22-12-3-13-23(15-14-22)28(25,26)20-10-8-19(9-11-20)21(24)27-2/h4-11H,3,12-16H2,1-2H3. The highest BCUT2D eigenvalue weighted by Crippen LogP contribution is 2.19. The topological polar surface area (TPSA) is 66.9 Å². The molecule has 0 radical (unpaired) electrons. The number of nitrogens with zero attached hydrogens (tertiary/aromatic N) is 2. The van der Waals surface area contributed by atoms with E-state index in [1.807, 2.05) is 0 Å². The van der Waals surface area contributed by atoms with Crippen LogP contribution in [0.2, 0.25) is 0 Å². The zero-order chi connectivity index (χ0) is 20.1. The Morgan fingerprint density at radius 3 is 2.29 bits per heavy atom. The third-order valence-corrected chi connectivity index (χ3v) is 6.90. The van der Waals surface area contributed by atoms with E-state index in [9.17, 15) is 13.2 Å². The molecule has 7 heteroatoms. The van der Waals surface area contributed by atoms with Crippen LogP contribution in [0.3, 0.4) is 0 Å². The summed E-state index contributed by atoms with van der Waals surface area (Å²) in [4.78, 5) is 14.0. The molecule has 0 aliphatic carbocycles. The van der Waals surface area contributed by atoms with E-state index >= 15 is 0 Å². The van der Waals surface area contributed by atoms with Crippen LogP contribution in [0.25, 0.3) is 0 Å². The van der Waals surface area contributed by atoms with E-state index in [2.05, 4.69) is 40.8 Å². The molecule has 6 nitrogen and oxygen atoms in total. The Kier molecular flexibility index (Phi) is 6.49. The maximum absolute atomic E-state index is 13.0. The van der Waals surface area contributed by atoms with E-state index in [0.29, 0.717) is 25.2 Å². The monoisotopic (exact) mass is 402 g/mol. The summed E-state index contributed by atoms with van der Waals surface area (Å²) in [7, 11) is -2.28. The molecule has 3 rings (SSSR count). The van der Waals surface area contributed by atoms with E-state index in [4.69, 9.17) is 0 Å². The third kappa shape index (κ3) is 4.79. The minimum atomic E-state index is -3.58. The normalized spacial score (nSPS) is 16.5. The van der Waals surface area contributed by atoms with Crippen molar-refractivity contribution < 1.29 is 17.9 Å². The Bertz CT molecular complexity index is 908. The predicted octanol–water partition coefficient (Wildman–Crippen LogP) is 2.68. The van der Waals surface area contributed by atoms with E-state index < -0.39 is 16.0 Å². The molecular weight excluding hydrogens is 376 g/mol. The molecule has 1 aliphatic rings. The molecule has 0 bridgehead atoms. The van der Waals surface area contributed by atoms with Gasteiger partial charge in [-0.25, -0.2) is 13.2 Å². The van der Waals surface area contributed by atoms with Gasteiger partial charge in [-0.2, -0.15) is 4.31 Å². The van der Waals surface area contributed by atoms with Gasteiger partial charge in [-0.1, -0.05) is 29.8 Å². The van der Waals surface area contributed by atoms with Crippen LogP contribution in [-0.4, -0.2) is 56.9 Å². The first-order valence-corrected chi connectivity index (χ1v) is 10.8. The molecule has 0 aromatic heterocycles. The molecule has 2 aromatic carbocycles. The third-order valence-electron chi connectivity index (χ3n) is 4.99. The Morgan fingerprint density at radius 2 is 1.64 bits per heavy atom. The van der Waals surface area contributed by atoms with Crippen LogP contribution >= 0.6 is 0 Å². The van der Waals surface area contributed by atoms with Crippen molar-refractivity contribution in [2.24, 2.45) is 0 Å². The number of carbonyl (C=O) groups excluding carboxylic acids is 1. The molecule has 1 heterocycles. The lowest BCUT2D eigenvalue weighted by atomic mass is 10.1. The van der Waals surface area contributed by atoms with Crippen molar-refractivity contribution in [3.63, 3.8) is 0 Å². The second-order valence-electron chi connectivity index (χ2n) is 7.04. The molecule has 1 fully saturated rings. The summed E-state index contributed by atoms with van der Waals surface area (Å²) in [6.45, 7) is 5.38. The van der Waals surface area contributed by atoms with Crippen LogP contribution in [-0.2, 0) is 21.3 Å². The van der Waals surface area contributed by atoms with Crippen LogP contribution in [0.1, 0.15) is 27.9 Å². The molecule has 28 heavy (non-hydrogen) atoms. The van der Waals surface area contributed by atoms with Gasteiger partial charge in [0, 0.05) is 26.2 Å². The lowest BCUT2D eigenvalue weighted by Crippen LogP contribution is -2.35. The molecule has 150 valence electrons. The molecular formula is C21H26N2O4S. The Labute approximate surface area is 166 Å². The first-order chi connectivity index (χ1) is 13.4.